The first-order chi connectivity index (χ1) is 10.6. The quantitative estimate of drug-likeness (QED) is 0.529. The van der Waals surface area contributed by atoms with E-state index in [1.807, 2.05) is 36.4 Å². The summed E-state index contributed by atoms with van der Waals surface area (Å²) in [6.07, 6.45) is 0. The van der Waals surface area contributed by atoms with Gasteiger partial charge in [-0.25, -0.2) is 0 Å². The fraction of sp³-hybridized carbons (Fsp3) is 0.0667. The summed E-state index contributed by atoms with van der Waals surface area (Å²) in [5.41, 5.74) is 0.893. The number of rotatable bonds is 5. The second-order valence-corrected chi connectivity index (χ2v) is 5.91. The zero-order valence-corrected chi connectivity index (χ0v) is 13.0. The van der Waals surface area contributed by atoms with Gasteiger partial charge in [-0.3, -0.25) is 0 Å². The van der Waals surface area contributed by atoms with Crippen LogP contribution in [-0.4, -0.2) is 26.0 Å². The summed E-state index contributed by atoms with van der Waals surface area (Å²) >= 11 is 7.29. The summed E-state index contributed by atoms with van der Waals surface area (Å²) in [6, 6.07) is 11.1. The molecule has 112 valence electrons. The van der Waals surface area contributed by atoms with Crippen molar-refractivity contribution in [2.75, 3.05) is 5.75 Å². The molecule has 1 aromatic carbocycles. The molecule has 2 aromatic heterocycles. The first-order valence-electron chi connectivity index (χ1n) is 6.40. The average Bonchev–Trinajstić information content (AvgIpc) is 3.14. The zero-order chi connectivity index (χ0) is 15.5. The third-order valence-corrected chi connectivity index (χ3v) is 3.96. The number of benzene rings is 1. The second-order valence-electron chi connectivity index (χ2n) is 4.51. The topological polar surface area (TPSA) is 74.9 Å². The van der Waals surface area contributed by atoms with Crippen LogP contribution in [-0.2, 0) is 0 Å². The van der Waals surface area contributed by atoms with Gasteiger partial charge in [-0.15, -0.1) is 10.2 Å². The van der Waals surface area contributed by atoms with Crippen molar-refractivity contribution < 1.29 is 9.52 Å². The SMILES string of the molecule is C=C(O)CSc1nnc(-c2ccc(-c3cccc(Cl)c3)o2)[nH]1. The van der Waals surface area contributed by atoms with Gasteiger partial charge in [0.15, 0.2) is 16.7 Å². The Hall–Kier alpha value is -2.18. The number of aromatic amines is 1. The van der Waals surface area contributed by atoms with Crippen molar-refractivity contribution in [2.24, 2.45) is 0 Å². The molecule has 7 heteroatoms. The number of nitrogens with one attached hydrogen (secondary N) is 1. The van der Waals surface area contributed by atoms with E-state index in [2.05, 4.69) is 21.8 Å². The maximum absolute atomic E-state index is 9.08. The molecule has 0 saturated heterocycles. The van der Waals surface area contributed by atoms with E-state index in [-0.39, 0.29) is 5.76 Å². The van der Waals surface area contributed by atoms with Gasteiger partial charge in [0.25, 0.3) is 0 Å². The molecule has 0 bridgehead atoms. The van der Waals surface area contributed by atoms with Crippen LogP contribution in [0.25, 0.3) is 22.9 Å². The van der Waals surface area contributed by atoms with Gasteiger partial charge in [0, 0.05) is 10.6 Å². The fourth-order valence-corrected chi connectivity index (χ4v) is 2.60. The van der Waals surface area contributed by atoms with Crippen molar-refractivity contribution in [3.63, 3.8) is 0 Å². The van der Waals surface area contributed by atoms with E-state index < -0.39 is 0 Å². The zero-order valence-electron chi connectivity index (χ0n) is 11.4. The molecule has 22 heavy (non-hydrogen) atoms. The second kappa shape index (κ2) is 6.29. The minimum Gasteiger partial charge on any atom is -0.512 e. The van der Waals surface area contributed by atoms with Crippen molar-refractivity contribution in [3.05, 3.63) is 53.8 Å². The Morgan fingerprint density at radius 2 is 2.09 bits per heavy atom. The number of aromatic nitrogens is 3. The lowest BCUT2D eigenvalue weighted by molar-refractivity contribution is 0.420. The van der Waals surface area contributed by atoms with Gasteiger partial charge in [-0.2, -0.15) is 0 Å². The van der Waals surface area contributed by atoms with E-state index in [9.17, 15) is 0 Å². The summed E-state index contributed by atoms with van der Waals surface area (Å²) in [5.74, 6) is 2.26. The molecule has 2 heterocycles. The Morgan fingerprint density at radius 3 is 2.86 bits per heavy atom. The van der Waals surface area contributed by atoms with Crippen molar-refractivity contribution in [2.45, 2.75) is 5.16 Å². The maximum atomic E-state index is 9.08. The van der Waals surface area contributed by atoms with Gasteiger partial charge in [-0.1, -0.05) is 42.1 Å². The molecule has 3 aromatic rings. The van der Waals surface area contributed by atoms with Crippen LogP contribution >= 0.6 is 23.4 Å². The summed E-state index contributed by atoms with van der Waals surface area (Å²) in [4.78, 5) is 3.03. The largest absolute Gasteiger partial charge is 0.512 e. The number of nitrogens with zero attached hydrogens (tertiary/aromatic N) is 2. The minimum atomic E-state index is 0.0872. The summed E-state index contributed by atoms with van der Waals surface area (Å²) < 4.78 is 5.78. The van der Waals surface area contributed by atoms with E-state index in [4.69, 9.17) is 21.1 Å². The lowest BCUT2D eigenvalue weighted by Crippen LogP contribution is -1.83. The summed E-state index contributed by atoms with van der Waals surface area (Å²) in [5, 5.41) is 18.3. The Kier molecular flexibility index (Phi) is 4.22. The van der Waals surface area contributed by atoms with Crippen LogP contribution in [0.1, 0.15) is 0 Å². The van der Waals surface area contributed by atoms with Crippen LogP contribution in [0.4, 0.5) is 0 Å². The molecule has 0 spiro atoms. The molecule has 0 unspecified atom stereocenters. The molecule has 0 aliphatic heterocycles. The predicted molar refractivity (Wildman–Crippen MR) is 87.0 cm³/mol. The minimum absolute atomic E-state index is 0.0872. The first-order valence-corrected chi connectivity index (χ1v) is 7.76. The molecule has 0 fully saturated rings. The fourth-order valence-electron chi connectivity index (χ4n) is 1.84. The normalized spacial score (nSPS) is 10.8. The number of hydrogen-bond acceptors (Lipinski definition) is 5. The summed E-state index contributed by atoms with van der Waals surface area (Å²) in [7, 11) is 0. The smallest absolute Gasteiger partial charge is 0.197 e. The monoisotopic (exact) mass is 333 g/mol. The molecular formula is C15H12ClN3O2S. The van der Waals surface area contributed by atoms with Gasteiger partial charge in [0.2, 0.25) is 0 Å². The first kappa shape index (κ1) is 14.7. The predicted octanol–water partition coefficient (Wildman–Crippen LogP) is 4.55. The van der Waals surface area contributed by atoms with Crippen molar-refractivity contribution >= 4 is 23.4 Å². The highest BCUT2D eigenvalue weighted by Gasteiger charge is 2.12. The standard InChI is InChI=1S/C15H12ClN3O2S/c1-9(20)8-22-15-17-14(18-19-15)13-6-5-12(21-13)10-3-2-4-11(16)7-10/h2-7,20H,1,8H2,(H,17,18,19). The van der Waals surface area contributed by atoms with Crippen LogP contribution < -0.4 is 0 Å². The number of thioether (sulfide) groups is 1. The Labute approximate surface area is 136 Å². The lowest BCUT2D eigenvalue weighted by atomic mass is 10.2. The van der Waals surface area contributed by atoms with Crippen molar-refractivity contribution in [3.8, 4) is 22.9 Å². The van der Waals surface area contributed by atoms with Crippen molar-refractivity contribution in [1.29, 1.82) is 0 Å². The van der Waals surface area contributed by atoms with Crippen LogP contribution in [0.3, 0.4) is 0 Å². The highest BCUT2D eigenvalue weighted by Crippen LogP contribution is 2.29. The van der Waals surface area contributed by atoms with Crippen LogP contribution in [0.2, 0.25) is 5.02 Å². The van der Waals surface area contributed by atoms with Gasteiger partial charge in [0.05, 0.1) is 11.5 Å². The average molecular weight is 334 g/mol. The molecule has 2 N–H and O–H groups in total. The molecule has 5 nitrogen and oxygen atoms in total. The van der Waals surface area contributed by atoms with Gasteiger partial charge < -0.3 is 14.5 Å². The van der Waals surface area contributed by atoms with Crippen LogP contribution in [0.15, 0.2) is 58.3 Å². The molecule has 0 amide bonds. The lowest BCUT2D eigenvalue weighted by Gasteiger charge is -1.97. The Balaban J connectivity index is 1.80. The third kappa shape index (κ3) is 3.35. The van der Waals surface area contributed by atoms with Crippen LogP contribution in [0.5, 0.6) is 0 Å². The number of hydrogen-bond donors (Lipinski definition) is 2. The molecule has 3 rings (SSSR count). The van der Waals surface area contributed by atoms with E-state index in [1.165, 1.54) is 11.8 Å². The molecular weight excluding hydrogens is 322 g/mol. The highest BCUT2D eigenvalue weighted by atomic mass is 35.5. The van der Waals surface area contributed by atoms with E-state index >= 15 is 0 Å². The third-order valence-electron chi connectivity index (χ3n) is 2.79. The number of furan rings is 1. The molecule has 0 saturated carbocycles. The van der Waals surface area contributed by atoms with Gasteiger partial charge in [0.1, 0.15) is 5.76 Å². The van der Waals surface area contributed by atoms with Gasteiger partial charge >= 0.3 is 0 Å². The van der Waals surface area contributed by atoms with Crippen molar-refractivity contribution in [1.82, 2.24) is 15.2 Å². The molecule has 0 radical (unpaired) electrons. The van der Waals surface area contributed by atoms with E-state index in [0.29, 0.717) is 33.3 Å². The van der Waals surface area contributed by atoms with Crippen LogP contribution in [0, 0.1) is 0 Å². The molecule has 0 aliphatic rings. The van der Waals surface area contributed by atoms with E-state index in [1.54, 1.807) is 0 Å². The maximum Gasteiger partial charge on any atom is 0.197 e. The number of aliphatic hydroxyl groups is 1. The Bertz CT molecular complexity index is 812. The molecule has 0 aliphatic carbocycles. The number of halogens is 1. The highest BCUT2D eigenvalue weighted by molar-refractivity contribution is 7.99. The summed E-state index contributed by atoms with van der Waals surface area (Å²) in [6.45, 7) is 3.42. The van der Waals surface area contributed by atoms with E-state index in [0.717, 1.165) is 5.56 Å². The Morgan fingerprint density at radius 1 is 1.27 bits per heavy atom. The number of aliphatic hydroxyl groups excluding tert-OH is 1. The molecule has 0 atom stereocenters. The number of H-pyrrole nitrogens is 1. The van der Waals surface area contributed by atoms with Gasteiger partial charge in [-0.05, 0) is 24.3 Å².